The van der Waals surface area contributed by atoms with Crippen molar-refractivity contribution in [3.63, 3.8) is 0 Å². The number of carbonyl (C=O) groups excluding carboxylic acids is 1. The zero-order valence-electron chi connectivity index (χ0n) is 9.94. The number of carbonyl (C=O) groups is 1. The van der Waals surface area contributed by atoms with Gasteiger partial charge < -0.3 is 9.30 Å². The molecule has 0 saturated carbocycles. The summed E-state index contributed by atoms with van der Waals surface area (Å²) in [6, 6.07) is 6.60. The molecule has 0 atom stereocenters. The van der Waals surface area contributed by atoms with Crippen molar-refractivity contribution in [3.05, 3.63) is 53.9 Å². The van der Waals surface area contributed by atoms with Gasteiger partial charge >= 0.3 is 6.36 Å². The first-order valence-corrected chi connectivity index (χ1v) is 5.37. The molecule has 0 saturated heterocycles. The maximum Gasteiger partial charge on any atom is 0.573 e. The predicted molar refractivity (Wildman–Crippen MR) is 62.0 cm³/mol. The second-order valence-electron chi connectivity index (χ2n) is 3.97. The van der Waals surface area contributed by atoms with Crippen molar-refractivity contribution in [3.8, 4) is 5.75 Å². The summed E-state index contributed by atoms with van der Waals surface area (Å²) in [6.07, 6.45) is -1.49. The lowest BCUT2D eigenvalue weighted by Gasteiger charge is -2.09. The highest BCUT2D eigenvalue weighted by molar-refractivity contribution is 6.09. The van der Waals surface area contributed by atoms with E-state index in [4.69, 9.17) is 0 Å². The van der Waals surface area contributed by atoms with Gasteiger partial charge in [0.25, 0.3) is 0 Å². The molecule has 0 unspecified atom stereocenters. The second-order valence-corrected chi connectivity index (χ2v) is 3.97. The molecule has 0 fully saturated rings. The van der Waals surface area contributed by atoms with Gasteiger partial charge in [0.15, 0.2) is 5.78 Å². The minimum absolute atomic E-state index is 0.146. The van der Waals surface area contributed by atoms with E-state index < -0.39 is 12.1 Å². The number of rotatable bonds is 3. The van der Waals surface area contributed by atoms with E-state index in [0.29, 0.717) is 5.56 Å². The molecule has 0 N–H and O–H groups in total. The molecule has 0 radical (unpaired) electrons. The lowest BCUT2D eigenvalue weighted by atomic mass is 10.1. The fourth-order valence-corrected chi connectivity index (χ4v) is 1.64. The van der Waals surface area contributed by atoms with Gasteiger partial charge in [-0.05, 0) is 18.2 Å². The fraction of sp³-hybridized carbons (Fsp3) is 0.154. The zero-order chi connectivity index (χ0) is 14.0. The standard InChI is InChI=1S/C13H10F3NO2/c1-17-6-5-10(8-17)12(18)9-3-2-4-11(7-9)19-13(14,15)16/h2-8H,1H3. The molecule has 6 heteroatoms. The Labute approximate surface area is 107 Å². The average Bonchev–Trinajstić information content (AvgIpc) is 2.73. The van der Waals surface area contributed by atoms with Crippen molar-refractivity contribution in [1.82, 2.24) is 4.57 Å². The maximum atomic E-state index is 12.1. The van der Waals surface area contributed by atoms with Crippen LogP contribution in [0.1, 0.15) is 15.9 Å². The molecule has 0 aliphatic heterocycles. The Hall–Kier alpha value is -2.24. The van der Waals surface area contributed by atoms with Crippen molar-refractivity contribution in [1.29, 1.82) is 0 Å². The number of ether oxygens (including phenoxy) is 1. The van der Waals surface area contributed by atoms with Gasteiger partial charge in [-0.2, -0.15) is 0 Å². The van der Waals surface area contributed by atoms with Gasteiger partial charge in [-0.3, -0.25) is 4.79 Å². The van der Waals surface area contributed by atoms with Gasteiger partial charge in [-0.1, -0.05) is 12.1 Å². The molecule has 1 heterocycles. The van der Waals surface area contributed by atoms with Crippen LogP contribution in [0.15, 0.2) is 42.7 Å². The van der Waals surface area contributed by atoms with Crippen LogP contribution >= 0.6 is 0 Å². The summed E-state index contributed by atoms with van der Waals surface area (Å²) in [6.45, 7) is 0. The largest absolute Gasteiger partial charge is 0.573 e. The van der Waals surface area contributed by atoms with Gasteiger partial charge in [0.1, 0.15) is 5.75 Å². The molecule has 0 bridgehead atoms. The van der Waals surface area contributed by atoms with Crippen LogP contribution in [-0.4, -0.2) is 16.7 Å². The summed E-state index contributed by atoms with van der Waals surface area (Å²) in [4.78, 5) is 12.0. The molecule has 0 aliphatic rings. The number of aryl methyl sites for hydroxylation is 1. The van der Waals surface area contributed by atoms with Crippen LogP contribution in [0, 0.1) is 0 Å². The topological polar surface area (TPSA) is 31.2 Å². The van der Waals surface area contributed by atoms with Crippen LogP contribution in [0.5, 0.6) is 5.75 Å². The molecule has 1 aromatic carbocycles. The minimum atomic E-state index is -4.77. The molecule has 2 aromatic rings. The molecular formula is C13H10F3NO2. The molecule has 0 amide bonds. The van der Waals surface area contributed by atoms with Crippen molar-refractivity contribution in [2.24, 2.45) is 7.05 Å². The number of halogens is 3. The first kappa shape index (κ1) is 13.2. The predicted octanol–water partition coefficient (Wildman–Crippen LogP) is 3.15. The quantitative estimate of drug-likeness (QED) is 0.801. The number of benzene rings is 1. The summed E-state index contributed by atoms with van der Waals surface area (Å²) in [5.41, 5.74) is 0.555. The normalized spacial score (nSPS) is 11.4. The lowest BCUT2D eigenvalue weighted by Crippen LogP contribution is -2.17. The molecule has 2 rings (SSSR count). The summed E-state index contributed by atoms with van der Waals surface area (Å²) < 4.78 is 41.7. The highest BCUT2D eigenvalue weighted by Crippen LogP contribution is 2.24. The van der Waals surface area contributed by atoms with E-state index in [1.807, 2.05) is 0 Å². The third kappa shape index (κ3) is 3.37. The SMILES string of the molecule is Cn1ccc(C(=O)c2cccc(OC(F)(F)F)c2)c1. The Morgan fingerprint density at radius 3 is 2.53 bits per heavy atom. The lowest BCUT2D eigenvalue weighted by molar-refractivity contribution is -0.274. The van der Waals surface area contributed by atoms with E-state index in [0.717, 1.165) is 12.1 Å². The number of alkyl halides is 3. The number of hydrogen-bond acceptors (Lipinski definition) is 2. The summed E-state index contributed by atoms with van der Waals surface area (Å²) in [5, 5.41) is 0. The Morgan fingerprint density at radius 2 is 1.95 bits per heavy atom. The number of ketones is 1. The van der Waals surface area contributed by atoms with E-state index in [2.05, 4.69) is 4.74 Å². The summed E-state index contributed by atoms with van der Waals surface area (Å²) in [7, 11) is 1.75. The van der Waals surface area contributed by atoms with Crippen LogP contribution in [0.2, 0.25) is 0 Å². The zero-order valence-corrected chi connectivity index (χ0v) is 9.94. The van der Waals surface area contributed by atoms with Crippen LogP contribution in [-0.2, 0) is 7.05 Å². The van der Waals surface area contributed by atoms with E-state index in [9.17, 15) is 18.0 Å². The molecular weight excluding hydrogens is 259 g/mol. The van der Waals surface area contributed by atoms with Crippen LogP contribution < -0.4 is 4.74 Å². The molecule has 1 aromatic heterocycles. The Bertz CT molecular complexity index is 602. The Balaban J connectivity index is 2.26. The van der Waals surface area contributed by atoms with Crippen molar-refractivity contribution in [2.45, 2.75) is 6.36 Å². The van der Waals surface area contributed by atoms with E-state index in [1.165, 1.54) is 12.1 Å². The van der Waals surface area contributed by atoms with Crippen molar-refractivity contribution >= 4 is 5.78 Å². The van der Waals surface area contributed by atoms with E-state index in [-0.39, 0.29) is 11.3 Å². The van der Waals surface area contributed by atoms with Crippen molar-refractivity contribution < 1.29 is 22.7 Å². The van der Waals surface area contributed by atoms with Gasteiger partial charge in [-0.15, -0.1) is 13.2 Å². The first-order chi connectivity index (χ1) is 8.85. The van der Waals surface area contributed by atoms with Crippen LogP contribution in [0.4, 0.5) is 13.2 Å². The monoisotopic (exact) mass is 269 g/mol. The molecule has 0 spiro atoms. The highest BCUT2D eigenvalue weighted by Gasteiger charge is 2.31. The van der Waals surface area contributed by atoms with Crippen LogP contribution in [0.25, 0.3) is 0 Å². The average molecular weight is 269 g/mol. The second kappa shape index (κ2) is 4.79. The fourth-order valence-electron chi connectivity index (χ4n) is 1.64. The van der Waals surface area contributed by atoms with Gasteiger partial charge in [0.05, 0.1) is 0 Å². The maximum absolute atomic E-state index is 12.1. The number of hydrogen-bond donors (Lipinski definition) is 0. The number of aromatic nitrogens is 1. The minimum Gasteiger partial charge on any atom is -0.406 e. The molecule has 19 heavy (non-hydrogen) atoms. The van der Waals surface area contributed by atoms with Gasteiger partial charge in [-0.25, -0.2) is 0 Å². The smallest absolute Gasteiger partial charge is 0.406 e. The molecule has 3 nitrogen and oxygen atoms in total. The third-order valence-electron chi connectivity index (χ3n) is 2.42. The van der Waals surface area contributed by atoms with E-state index in [1.54, 1.807) is 30.1 Å². The first-order valence-electron chi connectivity index (χ1n) is 5.37. The third-order valence-corrected chi connectivity index (χ3v) is 2.42. The van der Waals surface area contributed by atoms with E-state index >= 15 is 0 Å². The Kier molecular flexibility index (Phi) is 3.33. The highest BCUT2D eigenvalue weighted by atomic mass is 19.4. The molecule has 0 aliphatic carbocycles. The van der Waals surface area contributed by atoms with Crippen LogP contribution in [0.3, 0.4) is 0 Å². The van der Waals surface area contributed by atoms with Gasteiger partial charge in [0.2, 0.25) is 0 Å². The summed E-state index contributed by atoms with van der Waals surface area (Å²) in [5.74, 6) is -0.762. The van der Waals surface area contributed by atoms with Gasteiger partial charge in [0, 0.05) is 30.6 Å². The molecule has 100 valence electrons. The Morgan fingerprint density at radius 1 is 1.21 bits per heavy atom. The van der Waals surface area contributed by atoms with Crippen molar-refractivity contribution in [2.75, 3.05) is 0 Å². The summed E-state index contributed by atoms with van der Waals surface area (Å²) >= 11 is 0. The number of nitrogens with zero attached hydrogens (tertiary/aromatic N) is 1.